The number of carbonyl (C=O) groups is 1. The number of hydrogen-bond donors (Lipinski definition) is 0. The maximum atomic E-state index is 12.5. The largest absolute Gasteiger partial charge is 0.383 e. The topological polar surface area (TPSA) is 43.6 Å². The molecule has 0 aliphatic heterocycles. The highest BCUT2D eigenvalue weighted by Crippen LogP contribution is 2.17. The predicted octanol–water partition coefficient (Wildman–Crippen LogP) is 3.40. The lowest BCUT2D eigenvalue weighted by Crippen LogP contribution is -2.19. The SMILES string of the molecule is COCCn1c(=NC(=O)c2cccc(C)c2)sc2ccccc21. The quantitative estimate of drug-likeness (QED) is 0.737. The van der Waals surface area contributed by atoms with Crippen molar-refractivity contribution in [3.63, 3.8) is 0 Å². The van der Waals surface area contributed by atoms with E-state index in [4.69, 9.17) is 4.74 Å². The van der Waals surface area contributed by atoms with Gasteiger partial charge in [0.15, 0.2) is 4.80 Å². The Morgan fingerprint density at radius 1 is 1.22 bits per heavy atom. The molecule has 0 bridgehead atoms. The van der Waals surface area contributed by atoms with Crippen molar-refractivity contribution >= 4 is 27.5 Å². The molecule has 4 nitrogen and oxygen atoms in total. The molecule has 0 saturated carbocycles. The lowest BCUT2D eigenvalue weighted by atomic mass is 10.1. The lowest BCUT2D eigenvalue weighted by Gasteiger charge is -2.04. The monoisotopic (exact) mass is 326 g/mol. The predicted molar refractivity (Wildman–Crippen MR) is 92.8 cm³/mol. The second-order valence-corrected chi connectivity index (χ2v) is 6.29. The second-order valence-electron chi connectivity index (χ2n) is 5.28. The standard InChI is InChI=1S/C18H18N2O2S/c1-13-6-5-7-14(12-13)17(21)19-18-20(10-11-22-2)15-8-3-4-9-16(15)23-18/h3-9,12H,10-11H2,1-2H3. The molecule has 1 amide bonds. The van der Waals surface area contributed by atoms with E-state index in [1.54, 1.807) is 13.2 Å². The van der Waals surface area contributed by atoms with Crippen LogP contribution in [0.1, 0.15) is 15.9 Å². The van der Waals surface area contributed by atoms with Crippen molar-refractivity contribution in [3.8, 4) is 0 Å². The van der Waals surface area contributed by atoms with Gasteiger partial charge in [-0.25, -0.2) is 0 Å². The summed E-state index contributed by atoms with van der Waals surface area (Å²) >= 11 is 1.52. The molecule has 5 heteroatoms. The highest BCUT2D eigenvalue weighted by molar-refractivity contribution is 7.16. The van der Waals surface area contributed by atoms with Crippen molar-refractivity contribution in [1.29, 1.82) is 0 Å². The van der Waals surface area contributed by atoms with Crippen LogP contribution in [0.4, 0.5) is 0 Å². The number of thiazole rings is 1. The molecule has 0 spiro atoms. The number of para-hydroxylation sites is 1. The minimum Gasteiger partial charge on any atom is -0.383 e. The number of nitrogens with zero attached hydrogens (tertiary/aromatic N) is 2. The van der Waals surface area contributed by atoms with Crippen LogP contribution in [0, 0.1) is 6.92 Å². The van der Waals surface area contributed by atoms with Crippen LogP contribution in [0.5, 0.6) is 0 Å². The maximum Gasteiger partial charge on any atom is 0.279 e. The number of aryl methyl sites for hydroxylation is 1. The van der Waals surface area contributed by atoms with Gasteiger partial charge in [-0.15, -0.1) is 0 Å². The maximum absolute atomic E-state index is 12.5. The van der Waals surface area contributed by atoms with E-state index >= 15 is 0 Å². The van der Waals surface area contributed by atoms with Gasteiger partial charge in [-0.3, -0.25) is 4.79 Å². The number of aromatic nitrogens is 1. The van der Waals surface area contributed by atoms with Crippen LogP contribution in [-0.2, 0) is 11.3 Å². The second kappa shape index (κ2) is 6.89. The van der Waals surface area contributed by atoms with Gasteiger partial charge in [-0.2, -0.15) is 4.99 Å². The van der Waals surface area contributed by atoms with Crippen LogP contribution in [0.3, 0.4) is 0 Å². The fourth-order valence-corrected chi connectivity index (χ4v) is 3.49. The Hall–Kier alpha value is -2.24. The van der Waals surface area contributed by atoms with E-state index in [1.165, 1.54) is 11.3 Å². The van der Waals surface area contributed by atoms with E-state index in [0.717, 1.165) is 15.8 Å². The Kier molecular flexibility index (Phi) is 4.69. The molecule has 1 aromatic heterocycles. The molecular weight excluding hydrogens is 308 g/mol. The van der Waals surface area contributed by atoms with E-state index < -0.39 is 0 Å². The van der Waals surface area contributed by atoms with Crippen molar-refractivity contribution < 1.29 is 9.53 Å². The first-order valence-electron chi connectivity index (χ1n) is 7.42. The molecule has 3 rings (SSSR count). The highest BCUT2D eigenvalue weighted by atomic mass is 32.1. The molecule has 0 N–H and O–H groups in total. The summed E-state index contributed by atoms with van der Waals surface area (Å²) in [5.74, 6) is -0.216. The lowest BCUT2D eigenvalue weighted by molar-refractivity contribution is 0.0997. The molecule has 0 unspecified atom stereocenters. The van der Waals surface area contributed by atoms with Gasteiger partial charge in [0.1, 0.15) is 0 Å². The number of amides is 1. The summed E-state index contributed by atoms with van der Waals surface area (Å²) in [7, 11) is 1.67. The third-order valence-corrected chi connectivity index (χ3v) is 4.63. The summed E-state index contributed by atoms with van der Waals surface area (Å²) in [5, 5.41) is 0. The summed E-state index contributed by atoms with van der Waals surface area (Å²) in [6.45, 7) is 3.21. The molecule has 1 heterocycles. The highest BCUT2D eigenvalue weighted by Gasteiger charge is 2.09. The zero-order valence-corrected chi connectivity index (χ0v) is 14.0. The van der Waals surface area contributed by atoms with Crippen LogP contribution in [0.15, 0.2) is 53.5 Å². The Labute approximate surface area is 138 Å². The Bertz CT molecular complexity index is 909. The van der Waals surface area contributed by atoms with E-state index in [1.807, 2.05) is 54.0 Å². The van der Waals surface area contributed by atoms with Gasteiger partial charge in [0.25, 0.3) is 5.91 Å². The molecule has 0 atom stereocenters. The molecule has 3 aromatic rings. The first-order chi connectivity index (χ1) is 11.2. The average molecular weight is 326 g/mol. The molecule has 0 saturated heterocycles. The van der Waals surface area contributed by atoms with Gasteiger partial charge in [0, 0.05) is 19.2 Å². The summed E-state index contributed by atoms with van der Waals surface area (Å²) < 4.78 is 8.33. The molecule has 0 radical (unpaired) electrons. The molecular formula is C18H18N2O2S. The number of hydrogen-bond acceptors (Lipinski definition) is 3. The molecule has 23 heavy (non-hydrogen) atoms. The summed E-state index contributed by atoms with van der Waals surface area (Å²) in [4.78, 5) is 17.5. The minimum atomic E-state index is -0.216. The van der Waals surface area contributed by atoms with Crippen LogP contribution < -0.4 is 4.80 Å². The first kappa shape index (κ1) is 15.6. The first-order valence-corrected chi connectivity index (χ1v) is 8.24. The van der Waals surface area contributed by atoms with Gasteiger partial charge in [0.05, 0.1) is 16.8 Å². The molecule has 0 aliphatic rings. The summed E-state index contributed by atoms with van der Waals surface area (Å²) in [5.41, 5.74) is 2.74. The van der Waals surface area contributed by atoms with Crippen LogP contribution >= 0.6 is 11.3 Å². The Balaban J connectivity index is 2.08. The number of fused-ring (bicyclic) bond motifs is 1. The van der Waals surface area contributed by atoms with E-state index in [0.29, 0.717) is 23.5 Å². The van der Waals surface area contributed by atoms with Crippen molar-refractivity contribution in [3.05, 3.63) is 64.5 Å². The zero-order valence-electron chi connectivity index (χ0n) is 13.2. The Morgan fingerprint density at radius 3 is 2.83 bits per heavy atom. The summed E-state index contributed by atoms with van der Waals surface area (Å²) in [6.07, 6.45) is 0. The zero-order chi connectivity index (χ0) is 16.2. The van der Waals surface area contributed by atoms with Crippen molar-refractivity contribution in [2.24, 2.45) is 4.99 Å². The smallest absolute Gasteiger partial charge is 0.279 e. The van der Waals surface area contributed by atoms with Crippen molar-refractivity contribution in [1.82, 2.24) is 4.57 Å². The third kappa shape index (κ3) is 3.41. The fraction of sp³-hybridized carbons (Fsp3) is 0.222. The van der Waals surface area contributed by atoms with Gasteiger partial charge in [0.2, 0.25) is 0 Å². The number of rotatable bonds is 4. The fourth-order valence-electron chi connectivity index (χ4n) is 2.43. The summed E-state index contributed by atoms with van der Waals surface area (Å²) in [6, 6.07) is 15.6. The molecule has 0 aliphatic carbocycles. The minimum absolute atomic E-state index is 0.216. The van der Waals surface area contributed by atoms with Crippen LogP contribution in [0.2, 0.25) is 0 Å². The van der Waals surface area contributed by atoms with Gasteiger partial charge in [-0.1, -0.05) is 41.2 Å². The molecule has 118 valence electrons. The van der Waals surface area contributed by atoms with E-state index in [9.17, 15) is 4.79 Å². The van der Waals surface area contributed by atoms with E-state index in [2.05, 4.69) is 4.99 Å². The third-order valence-electron chi connectivity index (χ3n) is 3.57. The van der Waals surface area contributed by atoms with Crippen LogP contribution in [0.25, 0.3) is 10.2 Å². The number of ether oxygens (including phenoxy) is 1. The molecule has 2 aromatic carbocycles. The van der Waals surface area contributed by atoms with Crippen molar-refractivity contribution in [2.75, 3.05) is 13.7 Å². The van der Waals surface area contributed by atoms with Crippen LogP contribution in [-0.4, -0.2) is 24.2 Å². The average Bonchev–Trinajstić information content (AvgIpc) is 2.90. The Morgan fingerprint density at radius 2 is 2.04 bits per heavy atom. The normalized spacial score (nSPS) is 12.0. The van der Waals surface area contributed by atoms with Crippen molar-refractivity contribution in [2.45, 2.75) is 13.5 Å². The number of benzene rings is 2. The van der Waals surface area contributed by atoms with Gasteiger partial charge >= 0.3 is 0 Å². The van der Waals surface area contributed by atoms with E-state index in [-0.39, 0.29) is 5.91 Å². The number of methoxy groups -OCH3 is 1. The van der Waals surface area contributed by atoms with Gasteiger partial charge in [-0.05, 0) is 31.2 Å². The van der Waals surface area contributed by atoms with Gasteiger partial charge < -0.3 is 9.30 Å². The molecule has 0 fully saturated rings. The number of carbonyl (C=O) groups excluding carboxylic acids is 1.